The lowest BCUT2D eigenvalue weighted by Crippen LogP contribution is -2.24. The van der Waals surface area contributed by atoms with E-state index in [0.717, 1.165) is 15.9 Å². The molecule has 5 rings (SSSR count). The van der Waals surface area contributed by atoms with Gasteiger partial charge in [0.15, 0.2) is 12.0 Å². The zero-order valence-corrected chi connectivity index (χ0v) is 18.4. The summed E-state index contributed by atoms with van der Waals surface area (Å²) in [5, 5.41) is 4.62. The first kappa shape index (κ1) is 20.6. The quantitative estimate of drug-likeness (QED) is 0.480. The molecule has 4 heterocycles. The van der Waals surface area contributed by atoms with E-state index in [1.54, 1.807) is 19.9 Å². The summed E-state index contributed by atoms with van der Waals surface area (Å²) in [5.41, 5.74) is 10.1. The fraction of sp³-hybridized carbons (Fsp3) is 0.217. The number of anilines is 1. The molecule has 0 bridgehead atoms. The van der Waals surface area contributed by atoms with Gasteiger partial charge in [0.05, 0.1) is 17.8 Å². The molecule has 0 saturated carbocycles. The minimum atomic E-state index is -0.436. The molecule has 0 saturated heterocycles. The van der Waals surface area contributed by atoms with Crippen LogP contribution >= 0.6 is 0 Å². The highest BCUT2D eigenvalue weighted by molar-refractivity contribution is 5.91. The molecule has 1 unspecified atom stereocenters. The third-order valence-corrected chi connectivity index (χ3v) is 5.74. The van der Waals surface area contributed by atoms with E-state index in [1.165, 1.54) is 15.5 Å². The maximum absolute atomic E-state index is 13.2. The summed E-state index contributed by atoms with van der Waals surface area (Å²) in [5.74, 6) is 0.629. The number of hydrogen-bond donors (Lipinski definition) is 1. The molecule has 1 aromatic carbocycles. The molecule has 0 fully saturated rings. The van der Waals surface area contributed by atoms with Crippen LogP contribution in [0.2, 0.25) is 0 Å². The average molecular weight is 444 g/mol. The first-order valence-electron chi connectivity index (χ1n) is 10.5. The third-order valence-electron chi connectivity index (χ3n) is 5.74. The van der Waals surface area contributed by atoms with Crippen molar-refractivity contribution >= 4 is 17.2 Å². The molecule has 4 aromatic rings. The predicted molar refractivity (Wildman–Crippen MR) is 122 cm³/mol. The van der Waals surface area contributed by atoms with E-state index < -0.39 is 11.7 Å². The van der Waals surface area contributed by atoms with Crippen LogP contribution in [0, 0.1) is 11.8 Å². The first-order chi connectivity index (χ1) is 15.8. The molecule has 1 aliphatic heterocycles. The van der Waals surface area contributed by atoms with Crippen LogP contribution in [-0.4, -0.2) is 35.0 Å². The van der Waals surface area contributed by atoms with E-state index in [2.05, 4.69) is 15.1 Å². The highest BCUT2D eigenvalue weighted by Crippen LogP contribution is 2.34. The molecular formula is C23H22N7O3+. The molecule has 0 radical (unpaired) electrons. The van der Waals surface area contributed by atoms with Gasteiger partial charge in [-0.05, 0) is 18.6 Å². The molecule has 1 atom stereocenters. The third kappa shape index (κ3) is 3.36. The van der Waals surface area contributed by atoms with Crippen molar-refractivity contribution in [2.75, 3.05) is 5.73 Å². The predicted octanol–water partition coefficient (Wildman–Crippen LogP) is 2.95. The van der Waals surface area contributed by atoms with Crippen LogP contribution in [0.4, 0.5) is 5.95 Å². The van der Waals surface area contributed by atoms with Gasteiger partial charge in [-0.3, -0.25) is 0 Å². The van der Waals surface area contributed by atoms with Gasteiger partial charge in [-0.2, -0.15) is 0 Å². The lowest BCUT2D eigenvalue weighted by atomic mass is 9.95. The topological polar surface area (TPSA) is 124 Å². The van der Waals surface area contributed by atoms with Gasteiger partial charge in [-0.25, -0.2) is 23.8 Å². The van der Waals surface area contributed by atoms with Gasteiger partial charge < -0.3 is 10.2 Å². The van der Waals surface area contributed by atoms with Crippen LogP contribution < -0.4 is 11.4 Å². The van der Waals surface area contributed by atoms with E-state index in [4.69, 9.17) is 10.2 Å². The van der Waals surface area contributed by atoms with Crippen molar-refractivity contribution in [3.8, 4) is 11.3 Å². The number of oxazole rings is 1. The molecule has 0 spiro atoms. The van der Waals surface area contributed by atoms with Crippen LogP contribution in [0.3, 0.4) is 0 Å². The number of benzene rings is 1. The number of aryl methyl sites for hydroxylation is 1. The standard InChI is InChI=1S/C23H22N7O3/c1-13-9-17(10-14(2)30(13)32)19-20(16-7-5-4-6-8-16)26-22(24)29-21(19)27-28(23(29)31)11-18-15(3)33-12-25-18/h4-10,12-13H,11H2,1-3H3,(H2,24,26)/q+1. The number of fused-ring (bicyclic) bond motifs is 1. The summed E-state index contributed by atoms with van der Waals surface area (Å²) in [6, 6.07) is 9.15. The average Bonchev–Trinajstić information content (AvgIpc) is 3.35. The number of allylic oxidation sites excluding steroid dienone is 3. The molecular weight excluding hydrogens is 422 g/mol. The fourth-order valence-corrected chi connectivity index (χ4v) is 4.04. The maximum atomic E-state index is 13.2. The van der Waals surface area contributed by atoms with Crippen LogP contribution in [0.25, 0.3) is 22.5 Å². The lowest BCUT2D eigenvalue weighted by molar-refractivity contribution is -0.523. The Labute approximate surface area is 188 Å². The number of aromatic nitrogens is 5. The van der Waals surface area contributed by atoms with Gasteiger partial charge in [0, 0.05) is 35.2 Å². The molecule has 1 aliphatic rings. The van der Waals surface area contributed by atoms with Gasteiger partial charge in [0.2, 0.25) is 17.7 Å². The van der Waals surface area contributed by atoms with Crippen LogP contribution in [0.5, 0.6) is 0 Å². The van der Waals surface area contributed by atoms with E-state index in [-0.39, 0.29) is 12.5 Å². The molecule has 166 valence electrons. The zero-order chi connectivity index (χ0) is 23.3. The van der Waals surface area contributed by atoms with Gasteiger partial charge >= 0.3 is 5.69 Å². The second-order valence-corrected chi connectivity index (χ2v) is 7.99. The Balaban J connectivity index is 1.82. The van der Waals surface area contributed by atoms with Crippen molar-refractivity contribution in [2.45, 2.75) is 33.4 Å². The van der Waals surface area contributed by atoms with Gasteiger partial charge in [0.1, 0.15) is 11.5 Å². The molecule has 2 N–H and O–H groups in total. The minimum absolute atomic E-state index is 0.0244. The summed E-state index contributed by atoms with van der Waals surface area (Å²) in [6.07, 6.45) is 4.94. The Hall–Kier alpha value is -4.34. The van der Waals surface area contributed by atoms with Crippen molar-refractivity contribution in [3.05, 3.63) is 87.0 Å². The summed E-state index contributed by atoms with van der Waals surface area (Å²) in [7, 11) is 0. The summed E-state index contributed by atoms with van der Waals surface area (Å²) >= 11 is 0. The van der Waals surface area contributed by atoms with Crippen molar-refractivity contribution in [1.29, 1.82) is 0 Å². The number of hydrogen-bond acceptors (Lipinski definition) is 7. The number of nitrogen functional groups attached to an aromatic ring is 1. The van der Waals surface area contributed by atoms with E-state index in [9.17, 15) is 9.70 Å². The zero-order valence-electron chi connectivity index (χ0n) is 18.4. The van der Waals surface area contributed by atoms with E-state index in [0.29, 0.717) is 34.1 Å². The highest BCUT2D eigenvalue weighted by Gasteiger charge is 2.30. The summed E-state index contributed by atoms with van der Waals surface area (Å²) in [4.78, 5) is 34.3. The SMILES string of the molecule is CC1=CC(c2c(-c3ccccc3)nc(N)n3c(=O)n(Cc4ncoc4C)nc23)=CC(C)[N+]1=O. The second-order valence-electron chi connectivity index (χ2n) is 7.99. The summed E-state index contributed by atoms with van der Waals surface area (Å²) < 4.78 is 8.77. The number of nitrogens with zero attached hydrogens (tertiary/aromatic N) is 6. The molecule has 3 aromatic heterocycles. The smallest absolute Gasteiger partial charge is 0.353 e. The molecule has 0 aliphatic carbocycles. The maximum Gasteiger partial charge on any atom is 0.353 e. The Morgan fingerprint density at radius 2 is 1.97 bits per heavy atom. The first-order valence-corrected chi connectivity index (χ1v) is 10.5. The normalized spacial score (nSPS) is 16.2. The van der Waals surface area contributed by atoms with Crippen LogP contribution in [-0.2, 0) is 6.54 Å². The lowest BCUT2D eigenvalue weighted by Gasteiger charge is -2.15. The minimum Gasteiger partial charge on any atom is -0.448 e. The Morgan fingerprint density at radius 1 is 1.21 bits per heavy atom. The molecule has 10 heteroatoms. The monoisotopic (exact) mass is 444 g/mol. The summed E-state index contributed by atoms with van der Waals surface area (Å²) in [6.45, 7) is 5.46. The Morgan fingerprint density at radius 3 is 2.64 bits per heavy atom. The van der Waals surface area contributed by atoms with E-state index in [1.807, 2.05) is 43.3 Å². The van der Waals surface area contributed by atoms with Gasteiger partial charge in [-0.15, -0.1) is 5.10 Å². The highest BCUT2D eigenvalue weighted by atomic mass is 16.3. The van der Waals surface area contributed by atoms with Gasteiger partial charge in [-0.1, -0.05) is 30.3 Å². The largest absolute Gasteiger partial charge is 0.448 e. The molecule has 33 heavy (non-hydrogen) atoms. The molecule has 10 nitrogen and oxygen atoms in total. The number of nitroso groups, excluding NO2 is 1. The fourth-order valence-electron chi connectivity index (χ4n) is 4.04. The number of rotatable bonds is 4. The van der Waals surface area contributed by atoms with Crippen molar-refractivity contribution < 1.29 is 9.18 Å². The van der Waals surface area contributed by atoms with E-state index >= 15 is 0 Å². The van der Waals surface area contributed by atoms with Crippen LogP contribution in [0.1, 0.15) is 30.9 Å². The van der Waals surface area contributed by atoms with Crippen molar-refractivity contribution in [3.63, 3.8) is 0 Å². The number of nitrogens with two attached hydrogens (primary N) is 1. The van der Waals surface area contributed by atoms with Crippen LogP contribution in [0.15, 0.2) is 63.8 Å². The van der Waals surface area contributed by atoms with Gasteiger partial charge in [0.25, 0.3) is 0 Å². The Kier molecular flexibility index (Phi) is 4.77. The second kappa shape index (κ2) is 7.66. The Bertz CT molecular complexity index is 1520. The van der Waals surface area contributed by atoms with Crippen molar-refractivity contribution in [2.24, 2.45) is 0 Å². The molecule has 0 amide bonds. The van der Waals surface area contributed by atoms with Crippen molar-refractivity contribution in [1.82, 2.24) is 24.1 Å².